The molecule has 0 spiro atoms. The highest BCUT2D eigenvalue weighted by atomic mass is 32.1. The van der Waals surface area contributed by atoms with Crippen molar-refractivity contribution >= 4 is 40.0 Å². The number of nitrogens with zero attached hydrogens (tertiary/aromatic N) is 3. The van der Waals surface area contributed by atoms with Crippen LogP contribution in [0.5, 0.6) is 0 Å². The normalized spacial score (nSPS) is 15.0. The molecule has 40 heavy (non-hydrogen) atoms. The first kappa shape index (κ1) is 25.4. The van der Waals surface area contributed by atoms with Crippen molar-refractivity contribution in [2.75, 3.05) is 6.61 Å². The first-order valence-electron chi connectivity index (χ1n) is 13.0. The van der Waals surface area contributed by atoms with Gasteiger partial charge >= 0.3 is 5.97 Å². The maximum atomic E-state index is 14.1. The molecule has 3 heterocycles. The van der Waals surface area contributed by atoms with Crippen LogP contribution in [0.4, 0.5) is 0 Å². The minimum atomic E-state index is -0.698. The molecule has 0 radical (unpaired) electrons. The fourth-order valence-corrected chi connectivity index (χ4v) is 6.14. The largest absolute Gasteiger partial charge is 0.463 e. The molecule has 1 aliphatic heterocycles. The summed E-state index contributed by atoms with van der Waals surface area (Å²) in [6, 6.07) is 26.4. The van der Waals surface area contributed by atoms with Gasteiger partial charge in [-0.05, 0) is 24.6 Å². The van der Waals surface area contributed by atoms with Crippen LogP contribution >= 0.6 is 11.3 Å². The molecule has 6 rings (SSSR count). The predicted octanol–water partition coefficient (Wildman–Crippen LogP) is 4.52. The SMILES string of the molecule is C#CCn1cc(/C=c2\sc3n(c2=O)[C@@H](c2ccccc2)C(C(=O)OCC)=C(c2ccccc2)N=3)c2ccccc21. The first-order valence-corrected chi connectivity index (χ1v) is 13.8. The molecule has 0 fully saturated rings. The van der Waals surface area contributed by atoms with Gasteiger partial charge in [-0.15, -0.1) is 6.42 Å². The second-order valence-corrected chi connectivity index (χ2v) is 10.3. The fourth-order valence-electron chi connectivity index (χ4n) is 5.15. The van der Waals surface area contributed by atoms with Gasteiger partial charge in [0.1, 0.15) is 0 Å². The molecule has 1 aliphatic rings. The van der Waals surface area contributed by atoms with E-state index in [4.69, 9.17) is 16.2 Å². The van der Waals surface area contributed by atoms with Gasteiger partial charge in [0, 0.05) is 28.2 Å². The number of thiazole rings is 1. The van der Waals surface area contributed by atoms with E-state index in [-0.39, 0.29) is 12.2 Å². The first-order chi connectivity index (χ1) is 19.6. The number of carbonyl (C=O) groups excluding carboxylic acids is 1. The zero-order chi connectivity index (χ0) is 27.6. The molecule has 6 nitrogen and oxygen atoms in total. The lowest BCUT2D eigenvalue weighted by molar-refractivity contribution is -0.138. The van der Waals surface area contributed by atoms with Crippen LogP contribution in [-0.2, 0) is 16.1 Å². The molecule has 196 valence electrons. The summed E-state index contributed by atoms with van der Waals surface area (Å²) in [5.41, 5.74) is 4.09. The average Bonchev–Trinajstić information content (AvgIpc) is 3.50. The number of ether oxygens (including phenoxy) is 1. The summed E-state index contributed by atoms with van der Waals surface area (Å²) in [6.07, 6.45) is 9.46. The van der Waals surface area contributed by atoms with Gasteiger partial charge in [-0.25, -0.2) is 9.79 Å². The van der Waals surface area contributed by atoms with Crippen molar-refractivity contribution in [3.05, 3.63) is 133 Å². The van der Waals surface area contributed by atoms with E-state index in [1.165, 1.54) is 11.3 Å². The van der Waals surface area contributed by atoms with Crippen LogP contribution in [0.25, 0.3) is 22.7 Å². The van der Waals surface area contributed by atoms with Crippen molar-refractivity contribution in [2.24, 2.45) is 4.99 Å². The molecule has 0 saturated carbocycles. The van der Waals surface area contributed by atoms with Crippen LogP contribution in [-0.4, -0.2) is 21.7 Å². The Morgan fingerprint density at radius 2 is 1.75 bits per heavy atom. The highest BCUT2D eigenvalue weighted by Crippen LogP contribution is 2.35. The summed E-state index contributed by atoms with van der Waals surface area (Å²) in [4.78, 5) is 33.0. The Kier molecular flexibility index (Phi) is 6.77. The predicted molar refractivity (Wildman–Crippen MR) is 158 cm³/mol. The van der Waals surface area contributed by atoms with E-state index in [2.05, 4.69) is 5.92 Å². The van der Waals surface area contributed by atoms with E-state index < -0.39 is 12.0 Å². The Labute approximate surface area is 234 Å². The van der Waals surface area contributed by atoms with Gasteiger partial charge in [-0.1, -0.05) is 96.1 Å². The lowest BCUT2D eigenvalue weighted by atomic mass is 9.93. The zero-order valence-corrected chi connectivity index (χ0v) is 22.6. The Hall–Kier alpha value is -4.93. The Morgan fingerprint density at radius 1 is 1.05 bits per heavy atom. The lowest BCUT2D eigenvalue weighted by Crippen LogP contribution is -2.39. The van der Waals surface area contributed by atoms with Crippen LogP contribution in [0, 0.1) is 12.3 Å². The highest BCUT2D eigenvalue weighted by Gasteiger charge is 2.35. The summed E-state index contributed by atoms with van der Waals surface area (Å²) in [5, 5.41) is 1.00. The second-order valence-electron chi connectivity index (χ2n) is 9.28. The monoisotopic (exact) mass is 543 g/mol. The summed E-state index contributed by atoms with van der Waals surface area (Å²) in [5.74, 6) is 2.20. The Balaban J connectivity index is 1.64. The van der Waals surface area contributed by atoms with Crippen molar-refractivity contribution in [3.8, 4) is 12.3 Å². The maximum Gasteiger partial charge on any atom is 0.338 e. The number of fused-ring (bicyclic) bond motifs is 2. The van der Waals surface area contributed by atoms with Crippen LogP contribution in [0.3, 0.4) is 0 Å². The van der Waals surface area contributed by atoms with Crippen LogP contribution < -0.4 is 14.9 Å². The summed E-state index contributed by atoms with van der Waals surface area (Å²) in [6.45, 7) is 2.40. The summed E-state index contributed by atoms with van der Waals surface area (Å²) in [7, 11) is 0. The maximum absolute atomic E-state index is 14.1. The van der Waals surface area contributed by atoms with Gasteiger partial charge in [-0.2, -0.15) is 0 Å². The van der Waals surface area contributed by atoms with E-state index in [9.17, 15) is 9.59 Å². The molecule has 7 heteroatoms. The molecule has 0 saturated heterocycles. The van der Waals surface area contributed by atoms with Crippen molar-refractivity contribution in [3.63, 3.8) is 0 Å². The molecule has 0 bridgehead atoms. The number of hydrogen-bond donors (Lipinski definition) is 0. The van der Waals surface area contributed by atoms with Crippen molar-refractivity contribution < 1.29 is 9.53 Å². The summed E-state index contributed by atoms with van der Waals surface area (Å²) >= 11 is 1.30. The van der Waals surface area contributed by atoms with Gasteiger partial charge in [0.15, 0.2) is 4.80 Å². The molecule has 0 aliphatic carbocycles. The lowest BCUT2D eigenvalue weighted by Gasteiger charge is -2.25. The zero-order valence-electron chi connectivity index (χ0n) is 21.8. The molecule has 5 aromatic rings. The number of para-hydroxylation sites is 1. The van der Waals surface area contributed by atoms with Gasteiger partial charge in [0.2, 0.25) is 0 Å². The van der Waals surface area contributed by atoms with Crippen LogP contribution in [0.2, 0.25) is 0 Å². The highest BCUT2D eigenvalue weighted by molar-refractivity contribution is 7.07. The third kappa shape index (κ3) is 4.39. The standard InChI is InChI=1S/C33H25N3O3S/c1-3-19-35-21-24(25-17-11-12-18-26(25)35)20-27-31(37)36-30(23-15-9-6-10-16-23)28(32(38)39-4-2)29(34-33(36)40-27)22-13-7-5-8-14-22/h1,5-18,20-21,30H,4,19H2,2H3/b27-20-/t30-/m0/s1. The molecule has 0 N–H and O–H groups in total. The van der Waals surface area contributed by atoms with Gasteiger partial charge in [-0.3, -0.25) is 9.36 Å². The van der Waals surface area contributed by atoms with E-state index in [1.54, 1.807) is 11.5 Å². The molecule has 2 aromatic heterocycles. The molecule has 0 amide bonds. The quantitative estimate of drug-likeness (QED) is 0.234. The van der Waals surface area contributed by atoms with Crippen molar-refractivity contribution in [1.29, 1.82) is 0 Å². The number of hydrogen-bond acceptors (Lipinski definition) is 5. The van der Waals surface area contributed by atoms with E-state index in [0.717, 1.165) is 27.6 Å². The third-order valence-corrected chi connectivity index (χ3v) is 7.84. The minimum Gasteiger partial charge on any atom is -0.463 e. The molecular formula is C33H25N3O3S. The second kappa shape index (κ2) is 10.7. The number of aromatic nitrogens is 2. The molecular weight excluding hydrogens is 518 g/mol. The topological polar surface area (TPSA) is 65.6 Å². The molecule has 0 unspecified atom stereocenters. The van der Waals surface area contributed by atoms with Gasteiger partial charge < -0.3 is 9.30 Å². The van der Waals surface area contributed by atoms with E-state index >= 15 is 0 Å². The number of benzene rings is 3. The van der Waals surface area contributed by atoms with Crippen LogP contribution in [0.1, 0.15) is 29.7 Å². The van der Waals surface area contributed by atoms with Gasteiger partial charge in [0.25, 0.3) is 5.56 Å². The third-order valence-electron chi connectivity index (χ3n) is 6.86. The molecule has 3 aromatic carbocycles. The van der Waals surface area contributed by atoms with E-state index in [1.807, 2.05) is 102 Å². The minimum absolute atomic E-state index is 0.206. The van der Waals surface area contributed by atoms with Crippen molar-refractivity contribution in [1.82, 2.24) is 9.13 Å². The van der Waals surface area contributed by atoms with E-state index in [0.29, 0.717) is 27.1 Å². The average molecular weight is 544 g/mol. The van der Waals surface area contributed by atoms with Gasteiger partial charge in [0.05, 0.1) is 35.0 Å². The fraction of sp³-hybridized carbons (Fsp3) is 0.121. The number of rotatable bonds is 6. The Morgan fingerprint density at radius 3 is 2.48 bits per heavy atom. The smallest absolute Gasteiger partial charge is 0.338 e. The summed E-state index contributed by atoms with van der Waals surface area (Å²) < 4.78 is 9.65. The number of esters is 1. The Bertz CT molecular complexity index is 1990. The van der Waals surface area contributed by atoms with Crippen molar-refractivity contribution in [2.45, 2.75) is 19.5 Å². The number of carbonyl (C=O) groups is 1. The van der Waals surface area contributed by atoms with Crippen LogP contribution in [0.15, 0.2) is 106 Å². The number of terminal acetylenes is 1. The molecule has 1 atom stereocenters.